The van der Waals surface area contributed by atoms with E-state index in [4.69, 9.17) is 5.11 Å². The number of H-pyrrole nitrogens is 1. The lowest BCUT2D eigenvalue weighted by molar-refractivity contribution is -0.136. The third-order valence-corrected chi connectivity index (χ3v) is 4.56. The van der Waals surface area contributed by atoms with E-state index in [2.05, 4.69) is 15.3 Å². The summed E-state index contributed by atoms with van der Waals surface area (Å²) in [5.41, 5.74) is -0.324. The van der Waals surface area contributed by atoms with E-state index < -0.39 is 52.9 Å². The van der Waals surface area contributed by atoms with Crippen LogP contribution in [-0.2, 0) is 4.79 Å². The van der Waals surface area contributed by atoms with Crippen LogP contribution in [0.25, 0.3) is 0 Å². The summed E-state index contributed by atoms with van der Waals surface area (Å²) in [7, 11) is 0. The third kappa shape index (κ3) is 5.48. The fourth-order valence-electron chi connectivity index (χ4n) is 2.92. The van der Waals surface area contributed by atoms with Crippen LogP contribution in [0.4, 0.5) is 8.78 Å². The number of hydrogen-bond donors (Lipinski definition) is 3. The Kier molecular flexibility index (Phi) is 6.83. The maximum atomic E-state index is 13.3. The Labute approximate surface area is 179 Å². The lowest BCUT2D eigenvalue weighted by Gasteiger charge is -2.20. The van der Waals surface area contributed by atoms with Gasteiger partial charge in [0.25, 0.3) is 11.5 Å². The Balaban J connectivity index is 1.86. The average Bonchev–Trinajstić information content (AvgIpc) is 2.77. The minimum Gasteiger partial charge on any atom is -0.481 e. The smallest absolute Gasteiger partial charge is 0.303 e. The van der Waals surface area contributed by atoms with Crippen molar-refractivity contribution in [1.82, 2.24) is 15.3 Å². The summed E-state index contributed by atoms with van der Waals surface area (Å²) in [5.74, 6) is -4.02. The Morgan fingerprint density at radius 2 is 1.47 bits per heavy atom. The number of carboxylic acid groups (broad SMARTS) is 1. The second kappa shape index (κ2) is 9.73. The average molecular weight is 441 g/mol. The first-order valence-electron chi connectivity index (χ1n) is 9.40. The molecule has 3 aromatic rings. The highest BCUT2D eigenvalue weighted by molar-refractivity contribution is 5.96. The van der Waals surface area contributed by atoms with Gasteiger partial charge in [0.05, 0.1) is 12.5 Å². The molecule has 10 heteroatoms. The van der Waals surface area contributed by atoms with Crippen molar-refractivity contribution in [1.29, 1.82) is 0 Å². The van der Waals surface area contributed by atoms with Crippen molar-refractivity contribution in [3.05, 3.63) is 99.2 Å². The fraction of sp³-hybridized carbons (Fsp3) is 0.136. The number of carbonyl (C=O) groups excluding carboxylic acids is 2. The van der Waals surface area contributed by atoms with Gasteiger partial charge in [0.2, 0.25) is 0 Å². The summed E-state index contributed by atoms with van der Waals surface area (Å²) in [6, 6.07) is 9.72. The summed E-state index contributed by atoms with van der Waals surface area (Å²) in [6.07, 6.45) is 0.122. The second-order valence-electron chi connectivity index (χ2n) is 6.80. The normalized spacial score (nSPS) is 10.7. The predicted octanol–water partition coefficient (Wildman–Crippen LogP) is 2.62. The highest BCUT2D eigenvalue weighted by atomic mass is 19.1. The second-order valence-corrected chi connectivity index (χ2v) is 6.80. The Morgan fingerprint density at radius 3 is 1.94 bits per heavy atom. The number of aromatic amines is 1. The van der Waals surface area contributed by atoms with E-state index in [1.165, 1.54) is 48.5 Å². The first kappa shape index (κ1) is 22.5. The SMILES string of the molecule is O=C(O)CCC(=O)c1ncc(C(=O)NC(c2ccc(F)cc2)c2ccc(F)cc2)c(=O)[nH]1. The van der Waals surface area contributed by atoms with Crippen LogP contribution in [-0.4, -0.2) is 32.7 Å². The lowest BCUT2D eigenvalue weighted by atomic mass is 9.98. The van der Waals surface area contributed by atoms with Gasteiger partial charge in [-0.2, -0.15) is 0 Å². The number of benzene rings is 2. The number of ketones is 1. The summed E-state index contributed by atoms with van der Waals surface area (Å²) in [5, 5.41) is 11.3. The van der Waals surface area contributed by atoms with Crippen LogP contribution in [0.1, 0.15) is 51.0 Å². The van der Waals surface area contributed by atoms with Gasteiger partial charge in [-0.05, 0) is 35.4 Å². The first-order valence-corrected chi connectivity index (χ1v) is 9.40. The van der Waals surface area contributed by atoms with E-state index >= 15 is 0 Å². The van der Waals surface area contributed by atoms with Gasteiger partial charge in [0, 0.05) is 12.6 Å². The number of amides is 1. The zero-order valence-electron chi connectivity index (χ0n) is 16.5. The van der Waals surface area contributed by atoms with E-state index in [0.29, 0.717) is 11.1 Å². The number of nitrogens with zero attached hydrogens (tertiary/aromatic N) is 1. The van der Waals surface area contributed by atoms with E-state index in [-0.39, 0.29) is 12.2 Å². The minimum absolute atomic E-state index is 0.360. The number of nitrogens with one attached hydrogen (secondary N) is 2. The number of rotatable bonds is 8. The number of hydrogen-bond acceptors (Lipinski definition) is 5. The van der Waals surface area contributed by atoms with Gasteiger partial charge >= 0.3 is 5.97 Å². The molecule has 3 rings (SSSR count). The van der Waals surface area contributed by atoms with Gasteiger partial charge < -0.3 is 15.4 Å². The number of carboxylic acids is 1. The zero-order valence-corrected chi connectivity index (χ0v) is 16.5. The van der Waals surface area contributed by atoms with Gasteiger partial charge in [-0.1, -0.05) is 24.3 Å². The summed E-state index contributed by atoms with van der Waals surface area (Å²) < 4.78 is 26.7. The van der Waals surface area contributed by atoms with Crippen molar-refractivity contribution in [2.24, 2.45) is 0 Å². The molecule has 164 valence electrons. The number of aliphatic carboxylic acids is 1. The molecule has 0 aliphatic rings. The number of carbonyl (C=O) groups is 3. The van der Waals surface area contributed by atoms with Gasteiger partial charge in [0.1, 0.15) is 17.2 Å². The molecule has 0 atom stereocenters. The quantitative estimate of drug-likeness (QED) is 0.461. The van der Waals surface area contributed by atoms with E-state index in [1.54, 1.807) is 0 Å². The molecule has 8 nitrogen and oxygen atoms in total. The highest BCUT2D eigenvalue weighted by Crippen LogP contribution is 2.23. The minimum atomic E-state index is -1.18. The number of aromatic nitrogens is 2. The molecule has 1 heterocycles. The molecule has 1 aromatic heterocycles. The van der Waals surface area contributed by atoms with Crippen molar-refractivity contribution in [2.75, 3.05) is 0 Å². The van der Waals surface area contributed by atoms with Crippen molar-refractivity contribution in [3.63, 3.8) is 0 Å². The van der Waals surface area contributed by atoms with Crippen molar-refractivity contribution >= 4 is 17.7 Å². The Morgan fingerprint density at radius 1 is 0.938 bits per heavy atom. The first-order chi connectivity index (χ1) is 15.2. The maximum Gasteiger partial charge on any atom is 0.303 e. The van der Waals surface area contributed by atoms with E-state index in [1.807, 2.05) is 0 Å². The molecule has 0 unspecified atom stereocenters. The highest BCUT2D eigenvalue weighted by Gasteiger charge is 2.21. The summed E-state index contributed by atoms with van der Waals surface area (Å²) >= 11 is 0. The molecule has 0 fully saturated rings. The predicted molar refractivity (Wildman–Crippen MR) is 108 cm³/mol. The molecule has 1 amide bonds. The van der Waals surface area contributed by atoms with E-state index in [0.717, 1.165) is 6.20 Å². The van der Waals surface area contributed by atoms with Crippen LogP contribution in [0.15, 0.2) is 59.5 Å². The molecular formula is C22H17F2N3O5. The van der Waals surface area contributed by atoms with Crippen molar-refractivity contribution < 1.29 is 28.3 Å². The van der Waals surface area contributed by atoms with Crippen LogP contribution in [0.3, 0.4) is 0 Å². The molecule has 3 N–H and O–H groups in total. The van der Waals surface area contributed by atoms with Gasteiger partial charge in [-0.3, -0.25) is 19.2 Å². The molecule has 0 saturated heterocycles. The molecule has 2 aromatic carbocycles. The summed E-state index contributed by atoms with van der Waals surface area (Å²) in [4.78, 5) is 53.6. The Hall–Kier alpha value is -4.21. The van der Waals surface area contributed by atoms with Crippen LogP contribution in [0.2, 0.25) is 0 Å². The van der Waals surface area contributed by atoms with Gasteiger partial charge in [0.15, 0.2) is 11.6 Å². The number of halogens is 2. The van der Waals surface area contributed by atoms with Crippen molar-refractivity contribution in [2.45, 2.75) is 18.9 Å². The van der Waals surface area contributed by atoms with Crippen molar-refractivity contribution in [3.8, 4) is 0 Å². The molecule has 0 saturated carbocycles. The fourth-order valence-corrected chi connectivity index (χ4v) is 2.92. The molecule has 0 bridgehead atoms. The maximum absolute atomic E-state index is 13.3. The molecule has 32 heavy (non-hydrogen) atoms. The van der Waals surface area contributed by atoms with E-state index in [9.17, 15) is 28.0 Å². The van der Waals surface area contributed by atoms with Crippen LogP contribution < -0.4 is 10.9 Å². The molecule has 0 aliphatic heterocycles. The third-order valence-electron chi connectivity index (χ3n) is 4.56. The molecule has 0 aliphatic carbocycles. The standard InChI is InChI=1S/C22H17F2N3O5/c23-14-5-1-12(2-6-14)19(13-3-7-15(24)8-4-13)26-21(31)16-11-25-20(27-22(16)32)17(28)9-10-18(29)30/h1-8,11,19H,9-10H2,(H,26,31)(H,29,30)(H,25,27,32). The molecular weight excluding hydrogens is 424 g/mol. The monoisotopic (exact) mass is 441 g/mol. The van der Waals surface area contributed by atoms with Gasteiger partial charge in [-0.15, -0.1) is 0 Å². The van der Waals surface area contributed by atoms with Gasteiger partial charge in [-0.25, -0.2) is 13.8 Å². The van der Waals surface area contributed by atoms with Crippen LogP contribution >= 0.6 is 0 Å². The zero-order chi connectivity index (χ0) is 23.3. The summed E-state index contributed by atoms with van der Waals surface area (Å²) in [6.45, 7) is 0. The lowest BCUT2D eigenvalue weighted by Crippen LogP contribution is -2.34. The molecule has 0 spiro atoms. The van der Waals surface area contributed by atoms with Crippen LogP contribution in [0, 0.1) is 11.6 Å². The molecule has 0 radical (unpaired) electrons. The topological polar surface area (TPSA) is 129 Å². The Bertz CT molecular complexity index is 1160. The largest absolute Gasteiger partial charge is 0.481 e. The number of Topliss-reactive ketones (excluding diaryl/α,β-unsaturated/α-hetero) is 1. The van der Waals surface area contributed by atoms with Crippen LogP contribution in [0.5, 0.6) is 0 Å².